The summed E-state index contributed by atoms with van der Waals surface area (Å²) in [5.41, 5.74) is 0. The third-order valence-electron chi connectivity index (χ3n) is 5.64. The summed E-state index contributed by atoms with van der Waals surface area (Å²) in [5.74, 6) is 0. The lowest BCUT2D eigenvalue weighted by molar-refractivity contribution is -0.888. The minimum absolute atomic E-state index is 1.19. The number of hydrogen-bond donors (Lipinski definition) is 0. The van der Waals surface area contributed by atoms with Crippen LogP contribution in [0.25, 0.3) is 0 Å². The van der Waals surface area contributed by atoms with Crippen LogP contribution in [0.3, 0.4) is 0 Å². The summed E-state index contributed by atoms with van der Waals surface area (Å²) in [5, 5.41) is 0. The summed E-state index contributed by atoms with van der Waals surface area (Å²) in [7, 11) is -0.468. The Hall–Kier alpha value is -0.950. The number of rotatable bonds is 16. The summed E-state index contributed by atoms with van der Waals surface area (Å²) in [6.07, 6.45) is 20.4. The molecule has 0 atom stereocenters. The van der Waals surface area contributed by atoms with Gasteiger partial charge in [0.2, 0.25) is 0 Å². The largest absolute Gasteiger partial charge is 0.759 e. The van der Waals surface area contributed by atoms with Crippen molar-refractivity contribution in [2.24, 2.45) is 0 Å². The van der Waals surface area contributed by atoms with E-state index in [1.165, 1.54) is 107 Å². The first-order valence-corrected chi connectivity index (χ1v) is 13.9. The van der Waals surface area contributed by atoms with Gasteiger partial charge in [-0.05, 0) is 19.8 Å². The molecule has 0 fully saturated rings. The Morgan fingerprint density at radius 2 is 0.812 bits per heavy atom. The Bertz CT molecular complexity index is 542. The van der Waals surface area contributed by atoms with Crippen molar-refractivity contribution in [2.45, 2.75) is 104 Å². The minimum atomic E-state index is -5.17. The molecule has 0 amide bonds. The van der Waals surface area contributed by atoms with Crippen LogP contribution in [0.5, 0.6) is 0 Å². The van der Waals surface area contributed by atoms with Crippen LogP contribution in [0.15, 0.2) is 36.4 Å². The molecule has 1 aromatic carbocycles. The zero-order valence-electron chi connectivity index (χ0n) is 21.3. The van der Waals surface area contributed by atoms with Gasteiger partial charge in [-0.3, -0.25) is 8.42 Å². The van der Waals surface area contributed by atoms with Gasteiger partial charge in [-0.25, -0.2) is 0 Å². The van der Waals surface area contributed by atoms with Crippen molar-refractivity contribution < 1.29 is 22.0 Å². The van der Waals surface area contributed by atoms with Gasteiger partial charge >= 0.3 is 0 Å². The Morgan fingerprint density at radius 1 is 0.562 bits per heavy atom. The topological polar surface area (TPSA) is 80.3 Å². The molecule has 0 aliphatic heterocycles. The maximum absolute atomic E-state index is 8.52. The van der Waals surface area contributed by atoms with Crippen LogP contribution in [0.4, 0.5) is 0 Å². The predicted molar refractivity (Wildman–Crippen MR) is 135 cm³/mol. The second kappa shape index (κ2) is 23.2. The highest BCUT2D eigenvalue weighted by atomic mass is 32.3. The fourth-order valence-corrected chi connectivity index (χ4v) is 3.28. The summed E-state index contributed by atoms with van der Waals surface area (Å²) in [6.45, 7) is 7.21. The first kappa shape index (κ1) is 33.2. The summed E-state index contributed by atoms with van der Waals surface area (Å²) in [4.78, 5) is 0. The third kappa shape index (κ3) is 36.4. The van der Waals surface area contributed by atoms with E-state index in [0.29, 0.717) is 0 Å². The molecule has 0 spiro atoms. The van der Waals surface area contributed by atoms with Crippen LogP contribution in [-0.2, 0) is 10.4 Å². The molecule has 5 nitrogen and oxygen atoms in total. The minimum Gasteiger partial charge on any atom is -0.759 e. The summed E-state index contributed by atoms with van der Waals surface area (Å²) < 4.78 is 35.3. The van der Waals surface area contributed by atoms with Crippen molar-refractivity contribution >= 4 is 10.4 Å². The molecule has 0 radical (unpaired) electrons. The molecule has 0 aliphatic carbocycles. The normalized spacial score (nSPS) is 11.2. The monoisotopic (exact) mass is 472 g/mol. The molecule has 190 valence electrons. The molecule has 6 heteroatoms. The van der Waals surface area contributed by atoms with Crippen molar-refractivity contribution in [1.82, 2.24) is 0 Å². The number of unbranched alkanes of at least 4 members (excludes halogenated alkanes) is 13. The van der Waals surface area contributed by atoms with Crippen LogP contribution >= 0.6 is 0 Å². The van der Waals surface area contributed by atoms with Gasteiger partial charge in [0.25, 0.3) is 0 Å². The quantitative estimate of drug-likeness (QED) is 0.113. The second-order valence-corrected chi connectivity index (χ2v) is 9.95. The zero-order valence-corrected chi connectivity index (χ0v) is 22.1. The number of nitrogens with zero attached hydrogens (tertiary/aromatic N) is 1. The van der Waals surface area contributed by atoms with Gasteiger partial charge < -0.3 is 13.6 Å². The molecule has 0 bridgehead atoms. The van der Waals surface area contributed by atoms with Crippen molar-refractivity contribution in [1.29, 1.82) is 0 Å². The van der Waals surface area contributed by atoms with E-state index in [0.717, 1.165) is 0 Å². The smallest absolute Gasteiger partial charge is 0.0782 e. The van der Waals surface area contributed by atoms with Crippen LogP contribution in [0.1, 0.15) is 104 Å². The molecule has 0 unspecified atom stereocenters. The van der Waals surface area contributed by atoms with Crippen molar-refractivity contribution in [3.63, 3.8) is 0 Å². The van der Waals surface area contributed by atoms with Crippen LogP contribution in [0.2, 0.25) is 0 Å². The molecular weight excluding hydrogens is 422 g/mol. The summed E-state index contributed by atoms with van der Waals surface area (Å²) in [6, 6.07) is 12.0. The standard InChI is InChI=1S/C20H44N.C6H6.H2O4S/c1-5-7-8-9-10-11-12-13-14-15-16-17-18-19-20-21(3,4)6-2;1-2-4-6-5-3-1;1-5(2,3)4/h5-20H2,1-4H3;1-6H;(H2,1,2,3,4)/q+1;;/p-2. The van der Waals surface area contributed by atoms with E-state index < -0.39 is 10.4 Å². The van der Waals surface area contributed by atoms with Crippen LogP contribution in [-0.4, -0.2) is 49.2 Å². The SMILES string of the molecule is CCCCCCCCCCCCCCCC[N+](C)(C)CC.O=S(=O)([O-])[O-].c1ccccc1. The first-order chi connectivity index (χ1) is 15.1. The Labute approximate surface area is 199 Å². The van der Waals surface area contributed by atoms with E-state index in [1.54, 1.807) is 0 Å². The molecule has 1 rings (SSSR count). The fraction of sp³-hybridized carbons (Fsp3) is 0.769. The van der Waals surface area contributed by atoms with E-state index in [2.05, 4.69) is 27.9 Å². The second-order valence-electron chi connectivity index (χ2n) is 9.13. The Morgan fingerprint density at radius 3 is 1.06 bits per heavy atom. The number of quaternary nitrogens is 1. The van der Waals surface area contributed by atoms with Crippen LogP contribution in [0, 0.1) is 0 Å². The van der Waals surface area contributed by atoms with E-state index in [4.69, 9.17) is 17.5 Å². The maximum atomic E-state index is 8.52. The lowest BCUT2D eigenvalue weighted by Crippen LogP contribution is -2.39. The molecule has 0 N–H and O–H groups in total. The summed E-state index contributed by atoms with van der Waals surface area (Å²) >= 11 is 0. The highest BCUT2D eigenvalue weighted by Gasteiger charge is 2.09. The Kier molecular flexibility index (Phi) is 24.1. The molecule has 0 heterocycles. The average Bonchev–Trinajstić information content (AvgIpc) is 2.74. The van der Waals surface area contributed by atoms with Gasteiger partial charge in [-0.2, -0.15) is 0 Å². The van der Waals surface area contributed by atoms with Gasteiger partial charge in [0, 0.05) is 10.4 Å². The average molecular weight is 473 g/mol. The molecule has 1 aromatic rings. The molecule has 0 saturated carbocycles. The third-order valence-corrected chi connectivity index (χ3v) is 5.64. The van der Waals surface area contributed by atoms with Gasteiger partial charge in [-0.1, -0.05) is 120 Å². The number of hydrogen-bond acceptors (Lipinski definition) is 4. The lowest BCUT2D eigenvalue weighted by atomic mass is 10.0. The van der Waals surface area contributed by atoms with Crippen molar-refractivity contribution in [3.05, 3.63) is 36.4 Å². The van der Waals surface area contributed by atoms with Crippen molar-refractivity contribution in [2.75, 3.05) is 27.2 Å². The zero-order chi connectivity index (χ0) is 24.6. The highest BCUT2D eigenvalue weighted by molar-refractivity contribution is 7.79. The van der Waals surface area contributed by atoms with Gasteiger partial charge in [0.05, 0.1) is 27.2 Å². The number of benzene rings is 1. The van der Waals surface area contributed by atoms with E-state index in [1.807, 2.05) is 36.4 Å². The molecule has 32 heavy (non-hydrogen) atoms. The molecule has 0 saturated heterocycles. The van der Waals surface area contributed by atoms with Gasteiger partial charge in [0.1, 0.15) is 0 Å². The predicted octanol–water partition coefficient (Wildman–Crippen LogP) is 6.91. The van der Waals surface area contributed by atoms with E-state index in [-0.39, 0.29) is 0 Å². The molecular formula is C26H50NO4S-. The Balaban J connectivity index is 0. The molecule has 0 aromatic heterocycles. The molecule has 0 aliphatic rings. The van der Waals surface area contributed by atoms with Gasteiger partial charge in [-0.15, -0.1) is 0 Å². The highest BCUT2D eigenvalue weighted by Crippen LogP contribution is 2.13. The van der Waals surface area contributed by atoms with E-state index >= 15 is 0 Å². The lowest BCUT2D eigenvalue weighted by Gasteiger charge is -2.28. The maximum Gasteiger partial charge on any atom is 0.0782 e. The first-order valence-electron chi connectivity index (χ1n) is 12.6. The van der Waals surface area contributed by atoms with Gasteiger partial charge in [0.15, 0.2) is 0 Å². The van der Waals surface area contributed by atoms with E-state index in [9.17, 15) is 0 Å². The fourth-order valence-electron chi connectivity index (χ4n) is 3.28. The van der Waals surface area contributed by atoms with Crippen molar-refractivity contribution in [3.8, 4) is 0 Å². The van der Waals surface area contributed by atoms with Crippen LogP contribution < -0.4 is 0 Å².